The van der Waals surface area contributed by atoms with Crippen molar-refractivity contribution >= 4 is 11.3 Å². The van der Waals surface area contributed by atoms with Crippen LogP contribution in [0.3, 0.4) is 0 Å². The molecule has 2 aromatic rings. The maximum absolute atomic E-state index is 5.92. The van der Waals surface area contributed by atoms with Crippen molar-refractivity contribution in [3.8, 4) is 0 Å². The van der Waals surface area contributed by atoms with E-state index in [2.05, 4.69) is 48.0 Å². The molecule has 20 heavy (non-hydrogen) atoms. The molecule has 2 heterocycles. The van der Waals surface area contributed by atoms with Crippen LogP contribution in [0.2, 0.25) is 0 Å². The van der Waals surface area contributed by atoms with Crippen LogP contribution in [-0.2, 0) is 24.1 Å². The van der Waals surface area contributed by atoms with Crippen LogP contribution in [0.25, 0.3) is 0 Å². The Morgan fingerprint density at radius 3 is 3.10 bits per heavy atom. The average Bonchev–Trinajstić information content (AvgIpc) is 2.95. The van der Waals surface area contributed by atoms with Crippen molar-refractivity contribution in [3.63, 3.8) is 0 Å². The maximum atomic E-state index is 5.92. The van der Waals surface area contributed by atoms with Crippen molar-refractivity contribution in [1.82, 2.24) is 5.32 Å². The Kier molecular flexibility index (Phi) is 4.51. The predicted octanol–water partition coefficient (Wildman–Crippen LogP) is 3.71. The molecular weight excluding hydrogens is 266 g/mol. The summed E-state index contributed by atoms with van der Waals surface area (Å²) in [7, 11) is 0. The Morgan fingerprint density at radius 1 is 1.30 bits per heavy atom. The van der Waals surface area contributed by atoms with E-state index in [1.54, 1.807) is 0 Å². The van der Waals surface area contributed by atoms with Gasteiger partial charge in [0.25, 0.3) is 0 Å². The van der Waals surface area contributed by atoms with Gasteiger partial charge in [0.2, 0.25) is 0 Å². The molecule has 0 fully saturated rings. The van der Waals surface area contributed by atoms with Crippen molar-refractivity contribution < 1.29 is 4.74 Å². The molecule has 2 nitrogen and oxygen atoms in total. The molecule has 1 aromatic carbocycles. The van der Waals surface area contributed by atoms with Crippen LogP contribution >= 0.6 is 11.3 Å². The van der Waals surface area contributed by atoms with E-state index in [0.29, 0.717) is 0 Å². The van der Waals surface area contributed by atoms with Crippen LogP contribution in [0, 0.1) is 0 Å². The summed E-state index contributed by atoms with van der Waals surface area (Å²) in [6.07, 6.45) is 2.35. The van der Waals surface area contributed by atoms with E-state index in [-0.39, 0.29) is 6.10 Å². The Hall–Kier alpha value is -1.16. The number of ether oxygens (including phenoxy) is 1. The summed E-state index contributed by atoms with van der Waals surface area (Å²) in [6.45, 7) is 4.88. The molecule has 1 aromatic heterocycles. The fraction of sp³-hybridized carbons (Fsp3) is 0.412. The van der Waals surface area contributed by atoms with Crippen LogP contribution in [-0.4, -0.2) is 13.2 Å². The van der Waals surface area contributed by atoms with Gasteiger partial charge in [0.05, 0.1) is 12.7 Å². The number of thiophene rings is 1. The van der Waals surface area contributed by atoms with Crippen molar-refractivity contribution in [2.45, 2.75) is 32.4 Å². The van der Waals surface area contributed by atoms with Crippen molar-refractivity contribution in [2.75, 3.05) is 13.2 Å². The second kappa shape index (κ2) is 6.53. The highest BCUT2D eigenvalue weighted by Crippen LogP contribution is 2.26. The molecule has 1 N–H and O–H groups in total. The number of hydrogen-bond donors (Lipinski definition) is 1. The molecule has 0 radical (unpaired) electrons. The summed E-state index contributed by atoms with van der Waals surface area (Å²) < 4.78 is 5.92. The molecular formula is C17H21NOS. The summed E-state index contributed by atoms with van der Waals surface area (Å²) in [6, 6.07) is 10.9. The van der Waals surface area contributed by atoms with Crippen molar-refractivity contribution in [1.29, 1.82) is 0 Å². The molecule has 0 bridgehead atoms. The van der Waals surface area contributed by atoms with E-state index in [9.17, 15) is 0 Å². The van der Waals surface area contributed by atoms with Crippen LogP contribution < -0.4 is 5.32 Å². The lowest BCUT2D eigenvalue weighted by Crippen LogP contribution is -2.27. The van der Waals surface area contributed by atoms with Crippen LogP contribution in [0.5, 0.6) is 0 Å². The van der Waals surface area contributed by atoms with Gasteiger partial charge in [-0.3, -0.25) is 0 Å². The van der Waals surface area contributed by atoms with E-state index in [0.717, 1.165) is 32.5 Å². The number of aryl methyl sites for hydroxylation is 1. The fourth-order valence-corrected chi connectivity index (χ4v) is 3.75. The smallest absolute Gasteiger partial charge is 0.0952 e. The zero-order valence-electron chi connectivity index (χ0n) is 11.9. The van der Waals surface area contributed by atoms with Crippen molar-refractivity contribution in [2.24, 2.45) is 0 Å². The predicted molar refractivity (Wildman–Crippen MR) is 84.2 cm³/mol. The molecule has 1 unspecified atom stereocenters. The first kappa shape index (κ1) is 13.8. The van der Waals surface area contributed by atoms with Crippen LogP contribution in [0.4, 0.5) is 0 Å². The van der Waals surface area contributed by atoms with Gasteiger partial charge >= 0.3 is 0 Å². The third-order valence-corrected chi connectivity index (χ3v) is 4.89. The second-order valence-corrected chi connectivity index (χ2v) is 6.16. The number of nitrogens with one attached hydrogen (secondary N) is 1. The molecule has 106 valence electrons. The highest BCUT2D eigenvalue weighted by Gasteiger charge is 2.19. The van der Waals surface area contributed by atoms with Crippen LogP contribution in [0.1, 0.15) is 34.6 Å². The zero-order valence-corrected chi connectivity index (χ0v) is 12.7. The standard InChI is InChI=1S/C17H21NOS/c1-2-13-8-10-20-17(13)12-18-11-16-15-6-4-3-5-14(15)7-9-19-16/h3-6,8,10,16,18H,2,7,9,11-12H2,1H3. The monoisotopic (exact) mass is 287 g/mol. The minimum atomic E-state index is 0.199. The summed E-state index contributed by atoms with van der Waals surface area (Å²) in [5.74, 6) is 0. The largest absolute Gasteiger partial charge is 0.372 e. The molecule has 3 rings (SSSR count). The first-order valence-electron chi connectivity index (χ1n) is 7.34. The lowest BCUT2D eigenvalue weighted by atomic mass is 9.97. The lowest BCUT2D eigenvalue weighted by Gasteiger charge is -2.26. The Balaban J connectivity index is 1.60. The molecule has 1 atom stereocenters. The summed E-state index contributed by atoms with van der Waals surface area (Å²) in [5.41, 5.74) is 4.26. The Labute approximate surface area is 124 Å². The minimum absolute atomic E-state index is 0.199. The fourth-order valence-electron chi connectivity index (χ4n) is 2.80. The number of rotatable bonds is 5. The van der Waals surface area contributed by atoms with Gasteiger partial charge in [-0.15, -0.1) is 11.3 Å². The second-order valence-electron chi connectivity index (χ2n) is 5.16. The van der Waals surface area contributed by atoms with Gasteiger partial charge in [-0.25, -0.2) is 0 Å². The van der Waals surface area contributed by atoms with Gasteiger partial charge in [-0.2, -0.15) is 0 Å². The summed E-state index contributed by atoms with van der Waals surface area (Å²) in [5, 5.41) is 5.74. The third kappa shape index (κ3) is 2.95. The van der Waals surface area contributed by atoms with E-state index in [1.165, 1.54) is 21.6 Å². The molecule has 0 saturated carbocycles. The first-order chi connectivity index (χ1) is 9.88. The highest BCUT2D eigenvalue weighted by atomic mass is 32.1. The SMILES string of the molecule is CCc1ccsc1CNCC1OCCc2ccccc21. The van der Waals surface area contributed by atoms with E-state index in [1.807, 2.05) is 11.3 Å². The maximum Gasteiger partial charge on any atom is 0.0952 e. The topological polar surface area (TPSA) is 21.3 Å². The molecule has 0 amide bonds. The molecule has 0 saturated heterocycles. The lowest BCUT2D eigenvalue weighted by molar-refractivity contribution is 0.0424. The van der Waals surface area contributed by atoms with E-state index >= 15 is 0 Å². The van der Waals surface area contributed by atoms with Gasteiger partial charge in [-0.05, 0) is 41.0 Å². The third-order valence-electron chi connectivity index (χ3n) is 3.93. The van der Waals surface area contributed by atoms with Gasteiger partial charge in [0, 0.05) is 18.0 Å². The van der Waals surface area contributed by atoms with Gasteiger partial charge in [0.1, 0.15) is 0 Å². The highest BCUT2D eigenvalue weighted by molar-refractivity contribution is 7.10. The molecule has 3 heteroatoms. The minimum Gasteiger partial charge on any atom is -0.372 e. The van der Waals surface area contributed by atoms with Gasteiger partial charge < -0.3 is 10.1 Å². The molecule has 0 aliphatic carbocycles. The quantitative estimate of drug-likeness (QED) is 0.905. The van der Waals surface area contributed by atoms with E-state index < -0.39 is 0 Å². The number of fused-ring (bicyclic) bond motifs is 1. The first-order valence-corrected chi connectivity index (χ1v) is 8.22. The normalized spacial score (nSPS) is 17.9. The number of hydrogen-bond acceptors (Lipinski definition) is 3. The Bertz CT molecular complexity index is 564. The van der Waals surface area contributed by atoms with Gasteiger partial charge in [0.15, 0.2) is 0 Å². The molecule has 1 aliphatic rings. The zero-order chi connectivity index (χ0) is 13.8. The van der Waals surface area contributed by atoms with Crippen LogP contribution in [0.15, 0.2) is 35.7 Å². The molecule has 1 aliphatic heterocycles. The van der Waals surface area contributed by atoms with E-state index in [4.69, 9.17) is 4.74 Å². The van der Waals surface area contributed by atoms with Crippen molar-refractivity contribution in [3.05, 3.63) is 57.3 Å². The summed E-state index contributed by atoms with van der Waals surface area (Å²) in [4.78, 5) is 1.46. The molecule has 0 spiro atoms. The van der Waals surface area contributed by atoms with Gasteiger partial charge in [-0.1, -0.05) is 31.2 Å². The average molecular weight is 287 g/mol. The Morgan fingerprint density at radius 2 is 2.20 bits per heavy atom. The number of benzene rings is 1. The summed E-state index contributed by atoms with van der Waals surface area (Å²) >= 11 is 1.84.